The second kappa shape index (κ2) is 5.59. The van der Waals surface area contributed by atoms with Gasteiger partial charge in [-0.25, -0.2) is 4.79 Å². The van der Waals surface area contributed by atoms with Crippen molar-refractivity contribution in [2.45, 2.75) is 18.9 Å². The van der Waals surface area contributed by atoms with Crippen LogP contribution < -0.4 is 0 Å². The van der Waals surface area contributed by atoms with Gasteiger partial charge in [0.25, 0.3) is 0 Å². The van der Waals surface area contributed by atoms with Crippen molar-refractivity contribution in [3.63, 3.8) is 0 Å². The summed E-state index contributed by atoms with van der Waals surface area (Å²) in [5.74, 6) is -1.34. The van der Waals surface area contributed by atoms with E-state index in [0.717, 1.165) is 9.37 Å². The van der Waals surface area contributed by atoms with E-state index in [1.807, 2.05) is 6.07 Å². The highest BCUT2D eigenvalue weighted by atomic mass is 79.9. The third kappa shape index (κ3) is 2.35. The number of hydrogen-bond donors (Lipinski definition) is 0. The summed E-state index contributed by atoms with van der Waals surface area (Å²) in [5.41, 5.74) is -1.36. The van der Waals surface area contributed by atoms with Gasteiger partial charge in [0.2, 0.25) is 12.1 Å². The molecule has 2 atom stereocenters. The van der Waals surface area contributed by atoms with E-state index < -0.39 is 29.9 Å². The maximum absolute atomic E-state index is 12.7. The molecule has 2 unspecified atom stereocenters. The van der Waals surface area contributed by atoms with Crippen LogP contribution in [0.1, 0.15) is 12.5 Å². The number of amides is 3. The van der Waals surface area contributed by atoms with Gasteiger partial charge in [-0.3, -0.25) is 19.4 Å². The zero-order valence-electron chi connectivity index (χ0n) is 13.1. The minimum Gasteiger partial charge on any atom is -0.446 e. The van der Waals surface area contributed by atoms with E-state index in [9.17, 15) is 14.4 Å². The Morgan fingerprint density at radius 1 is 1.38 bits per heavy atom. The molecule has 1 aromatic rings. The van der Waals surface area contributed by atoms with Crippen LogP contribution in [-0.2, 0) is 19.1 Å². The summed E-state index contributed by atoms with van der Waals surface area (Å²) in [6.45, 7) is 1.17. The molecular weight excluding hydrogens is 382 g/mol. The third-order valence-electron chi connectivity index (χ3n) is 3.75. The first-order chi connectivity index (χ1) is 11.3. The van der Waals surface area contributed by atoms with Gasteiger partial charge in [-0.2, -0.15) is 4.99 Å². The molecule has 8 nitrogen and oxygen atoms in total. The molecule has 9 heteroatoms. The van der Waals surface area contributed by atoms with E-state index in [0.29, 0.717) is 5.56 Å². The Kier molecular flexibility index (Phi) is 3.83. The Morgan fingerprint density at radius 3 is 2.71 bits per heavy atom. The van der Waals surface area contributed by atoms with E-state index in [1.165, 1.54) is 25.9 Å². The molecule has 2 aliphatic heterocycles. The zero-order valence-corrected chi connectivity index (χ0v) is 14.7. The molecule has 0 spiro atoms. The van der Waals surface area contributed by atoms with Crippen molar-refractivity contribution in [3.8, 4) is 0 Å². The molecule has 2 heterocycles. The molecule has 0 radical (unpaired) electrons. The molecule has 2 aliphatic rings. The topological polar surface area (TPSA) is 88.5 Å². The first kappa shape index (κ1) is 16.4. The Morgan fingerprint density at radius 2 is 2.08 bits per heavy atom. The van der Waals surface area contributed by atoms with Gasteiger partial charge < -0.3 is 9.47 Å². The van der Waals surface area contributed by atoms with Crippen molar-refractivity contribution in [2.24, 2.45) is 4.99 Å². The van der Waals surface area contributed by atoms with Crippen molar-refractivity contribution in [3.05, 3.63) is 34.3 Å². The number of rotatable bonds is 2. The lowest BCUT2D eigenvalue weighted by atomic mass is 10.1. The zero-order chi connectivity index (χ0) is 17.6. The van der Waals surface area contributed by atoms with Crippen LogP contribution in [0, 0.1) is 0 Å². The fraction of sp³-hybridized carbons (Fsp3) is 0.333. The molecule has 0 bridgehead atoms. The number of likely N-dealkylation sites (N-methyl/N-ethyl adjacent to an activating group) is 2. The number of halogens is 1. The molecule has 3 amide bonds. The van der Waals surface area contributed by atoms with Crippen molar-refractivity contribution < 1.29 is 23.9 Å². The van der Waals surface area contributed by atoms with E-state index >= 15 is 0 Å². The Bertz CT molecular complexity index is 780. The molecule has 0 N–H and O–H groups in total. The summed E-state index contributed by atoms with van der Waals surface area (Å²) in [5, 5.41) is 0. The molecule has 3 rings (SSSR count). The number of carbonyl (C=O) groups is 3. The van der Waals surface area contributed by atoms with Crippen LogP contribution >= 0.6 is 15.9 Å². The normalized spacial score (nSPS) is 26.0. The van der Waals surface area contributed by atoms with Crippen LogP contribution in [0.2, 0.25) is 0 Å². The minimum atomic E-state index is -1.94. The Balaban J connectivity index is 2.12. The van der Waals surface area contributed by atoms with E-state index in [1.54, 1.807) is 18.2 Å². The Labute approximate surface area is 146 Å². The van der Waals surface area contributed by atoms with Crippen LogP contribution in [0.25, 0.3) is 0 Å². The van der Waals surface area contributed by atoms with E-state index in [2.05, 4.69) is 20.9 Å². The highest BCUT2D eigenvalue weighted by Gasteiger charge is 2.64. The molecule has 1 aromatic carbocycles. The predicted octanol–water partition coefficient (Wildman–Crippen LogP) is 1.34. The number of urea groups is 1. The number of imide groups is 1. The van der Waals surface area contributed by atoms with Crippen LogP contribution in [0.3, 0.4) is 0 Å². The van der Waals surface area contributed by atoms with Crippen molar-refractivity contribution in [1.82, 2.24) is 9.80 Å². The van der Waals surface area contributed by atoms with Crippen molar-refractivity contribution in [1.29, 1.82) is 0 Å². The van der Waals surface area contributed by atoms with Gasteiger partial charge in [-0.05, 0) is 18.2 Å². The first-order valence-electron chi connectivity index (χ1n) is 7.03. The van der Waals surface area contributed by atoms with Gasteiger partial charge in [0.15, 0.2) is 0 Å². The van der Waals surface area contributed by atoms with Crippen LogP contribution in [0.15, 0.2) is 33.7 Å². The summed E-state index contributed by atoms with van der Waals surface area (Å²) < 4.78 is 11.7. The number of esters is 1. The molecule has 0 aromatic heterocycles. The fourth-order valence-corrected chi connectivity index (χ4v) is 3.07. The van der Waals surface area contributed by atoms with E-state index in [-0.39, 0.29) is 5.90 Å². The summed E-state index contributed by atoms with van der Waals surface area (Å²) in [6, 6.07) is 6.50. The number of fused-ring (bicyclic) bond motifs is 1. The number of hydrogen-bond acceptors (Lipinski definition) is 6. The fourth-order valence-electron chi connectivity index (χ4n) is 2.67. The van der Waals surface area contributed by atoms with Gasteiger partial charge in [0.1, 0.15) is 0 Å². The Hall–Kier alpha value is -2.42. The van der Waals surface area contributed by atoms with Gasteiger partial charge in [-0.1, -0.05) is 22.0 Å². The highest BCUT2D eigenvalue weighted by Crippen LogP contribution is 2.37. The molecule has 0 aliphatic carbocycles. The quantitative estimate of drug-likeness (QED) is 0.704. The first-order valence-corrected chi connectivity index (χ1v) is 7.82. The second-order valence-corrected chi connectivity index (χ2v) is 6.36. The molecule has 1 fully saturated rings. The number of nitrogens with zero attached hydrogens (tertiary/aromatic N) is 3. The molecule has 126 valence electrons. The molecule has 0 saturated carbocycles. The van der Waals surface area contributed by atoms with E-state index in [4.69, 9.17) is 9.47 Å². The number of aliphatic imine (C=N–C) groups is 1. The SMILES string of the molecule is CC(=O)OC12N=C(c3cccc(Br)c3)OC1N(C)C(=O)N(C)C2=O. The number of ether oxygens (including phenoxy) is 2. The van der Waals surface area contributed by atoms with Gasteiger partial charge >= 0.3 is 23.6 Å². The molecular formula is C15H14BrN3O5. The van der Waals surface area contributed by atoms with Crippen LogP contribution in [0.5, 0.6) is 0 Å². The lowest BCUT2D eigenvalue weighted by Crippen LogP contribution is -2.68. The average molecular weight is 396 g/mol. The second-order valence-electron chi connectivity index (χ2n) is 5.45. The van der Waals surface area contributed by atoms with Crippen molar-refractivity contribution in [2.75, 3.05) is 14.1 Å². The smallest absolute Gasteiger partial charge is 0.342 e. The summed E-state index contributed by atoms with van der Waals surface area (Å²) in [6.07, 6.45) is -1.16. The third-order valence-corrected chi connectivity index (χ3v) is 4.24. The van der Waals surface area contributed by atoms with Crippen LogP contribution in [-0.4, -0.2) is 59.7 Å². The molecule has 1 saturated heterocycles. The van der Waals surface area contributed by atoms with Gasteiger partial charge in [0.05, 0.1) is 0 Å². The standard InChI is InChI=1S/C15H14BrN3O5/c1-8(20)24-15-12(21)18(2)14(22)19(3)13(15)23-11(17-15)9-5-4-6-10(16)7-9/h4-7,13H,1-3H3. The maximum Gasteiger partial charge on any atom is 0.342 e. The number of benzene rings is 1. The number of carbonyl (C=O) groups excluding carboxylic acids is 3. The lowest BCUT2D eigenvalue weighted by molar-refractivity contribution is -0.192. The molecule has 24 heavy (non-hydrogen) atoms. The summed E-state index contributed by atoms with van der Waals surface area (Å²) in [7, 11) is 2.75. The maximum atomic E-state index is 12.7. The largest absolute Gasteiger partial charge is 0.446 e. The van der Waals surface area contributed by atoms with Crippen LogP contribution in [0.4, 0.5) is 4.79 Å². The summed E-state index contributed by atoms with van der Waals surface area (Å²) >= 11 is 3.35. The van der Waals surface area contributed by atoms with Crippen molar-refractivity contribution >= 4 is 39.7 Å². The van der Waals surface area contributed by atoms with Gasteiger partial charge in [-0.15, -0.1) is 0 Å². The minimum absolute atomic E-state index is 0.117. The average Bonchev–Trinajstić information content (AvgIpc) is 2.91. The monoisotopic (exact) mass is 395 g/mol. The highest BCUT2D eigenvalue weighted by molar-refractivity contribution is 9.10. The lowest BCUT2D eigenvalue weighted by Gasteiger charge is -2.41. The summed E-state index contributed by atoms with van der Waals surface area (Å²) in [4.78, 5) is 42.7. The predicted molar refractivity (Wildman–Crippen MR) is 86.0 cm³/mol. The van der Waals surface area contributed by atoms with Gasteiger partial charge in [0, 0.05) is 31.1 Å².